The molecule has 3 rings (SSSR count). The van der Waals surface area contributed by atoms with E-state index in [-0.39, 0.29) is 0 Å². The molecule has 4 heteroatoms. The fourth-order valence-corrected chi connectivity index (χ4v) is 2.28. The van der Waals surface area contributed by atoms with Crippen LogP contribution in [0.1, 0.15) is 16.8 Å². The molecule has 4 nitrogen and oxygen atoms in total. The number of aromatic amines is 2. The number of nitrogens with two attached hydrogens (primary N) is 1. The molecule has 2 aromatic heterocycles. The highest BCUT2D eigenvalue weighted by molar-refractivity contribution is 5.80. The Kier molecular flexibility index (Phi) is 2.86. The molecule has 0 atom stereocenters. The second-order valence-corrected chi connectivity index (χ2v) is 4.49. The minimum atomic E-state index is 0.645. The molecular formula is C14H16N4. The smallest absolute Gasteiger partial charge is 0.0525 e. The molecule has 0 saturated heterocycles. The van der Waals surface area contributed by atoms with Crippen molar-refractivity contribution in [2.45, 2.75) is 12.8 Å². The minimum absolute atomic E-state index is 0.645. The fourth-order valence-electron chi connectivity index (χ4n) is 2.28. The largest absolute Gasteiger partial charge is 0.361 e. The van der Waals surface area contributed by atoms with E-state index in [1.807, 2.05) is 12.4 Å². The van der Waals surface area contributed by atoms with Gasteiger partial charge in [-0.1, -0.05) is 6.07 Å². The molecule has 3 aromatic rings. The summed E-state index contributed by atoms with van der Waals surface area (Å²) in [4.78, 5) is 3.20. The molecule has 0 aliphatic heterocycles. The highest BCUT2D eigenvalue weighted by Crippen LogP contribution is 2.18. The highest BCUT2D eigenvalue weighted by atomic mass is 15.1. The monoisotopic (exact) mass is 240 g/mol. The lowest BCUT2D eigenvalue weighted by Crippen LogP contribution is -2.05. The topological polar surface area (TPSA) is 70.5 Å². The zero-order chi connectivity index (χ0) is 12.4. The number of rotatable bonds is 4. The van der Waals surface area contributed by atoms with Gasteiger partial charge < -0.3 is 10.7 Å². The molecule has 1 aromatic carbocycles. The van der Waals surface area contributed by atoms with Crippen LogP contribution in [-0.2, 0) is 12.8 Å². The van der Waals surface area contributed by atoms with Gasteiger partial charge in [-0.15, -0.1) is 0 Å². The zero-order valence-corrected chi connectivity index (χ0v) is 10.1. The van der Waals surface area contributed by atoms with Gasteiger partial charge in [-0.2, -0.15) is 5.10 Å². The van der Waals surface area contributed by atoms with Gasteiger partial charge in [0.2, 0.25) is 0 Å². The molecule has 0 radical (unpaired) electrons. The average molecular weight is 240 g/mol. The van der Waals surface area contributed by atoms with E-state index in [4.69, 9.17) is 5.73 Å². The van der Waals surface area contributed by atoms with E-state index in [0.29, 0.717) is 6.54 Å². The van der Waals surface area contributed by atoms with Crippen molar-refractivity contribution in [2.75, 3.05) is 6.54 Å². The Morgan fingerprint density at radius 1 is 1.22 bits per heavy atom. The van der Waals surface area contributed by atoms with Gasteiger partial charge in [0.25, 0.3) is 0 Å². The first-order chi connectivity index (χ1) is 8.86. The van der Waals surface area contributed by atoms with Crippen LogP contribution in [0.5, 0.6) is 0 Å². The molecule has 0 bridgehead atoms. The van der Waals surface area contributed by atoms with Gasteiger partial charge in [0.15, 0.2) is 0 Å². The molecule has 92 valence electrons. The first-order valence-electron chi connectivity index (χ1n) is 6.14. The number of H-pyrrole nitrogens is 2. The SMILES string of the molecule is NCCc1[nH]ncc1Cc1ccc2[nH]ccc2c1. The zero-order valence-electron chi connectivity index (χ0n) is 10.1. The predicted molar refractivity (Wildman–Crippen MR) is 72.5 cm³/mol. The molecule has 2 heterocycles. The first-order valence-corrected chi connectivity index (χ1v) is 6.14. The Morgan fingerprint density at radius 3 is 3.06 bits per heavy atom. The lowest BCUT2D eigenvalue weighted by molar-refractivity contribution is 0.890. The Labute approximate surface area is 105 Å². The van der Waals surface area contributed by atoms with Crippen LogP contribution in [-0.4, -0.2) is 21.7 Å². The van der Waals surface area contributed by atoms with Crippen LogP contribution in [0.4, 0.5) is 0 Å². The Balaban J connectivity index is 1.88. The molecule has 0 fully saturated rings. The van der Waals surface area contributed by atoms with E-state index in [1.54, 1.807) is 0 Å². The van der Waals surface area contributed by atoms with Crippen LogP contribution < -0.4 is 5.73 Å². The summed E-state index contributed by atoms with van der Waals surface area (Å²) in [6.45, 7) is 0.645. The van der Waals surface area contributed by atoms with Gasteiger partial charge in [0.1, 0.15) is 0 Å². The normalized spacial score (nSPS) is 11.2. The van der Waals surface area contributed by atoms with Crippen LogP contribution in [0.3, 0.4) is 0 Å². The van der Waals surface area contributed by atoms with Gasteiger partial charge >= 0.3 is 0 Å². The average Bonchev–Trinajstić information content (AvgIpc) is 2.99. The van der Waals surface area contributed by atoms with Gasteiger partial charge in [0, 0.05) is 30.2 Å². The third-order valence-corrected chi connectivity index (χ3v) is 3.21. The van der Waals surface area contributed by atoms with Gasteiger partial charge in [-0.3, -0.25) is 5.10 Å². The number of aromatic nitrogens is 3. The molecule has 18 heavy (non-hydrogen) atoms. The third kappa shape index (κ3) is 2.02. The summed E-state index contributed by atoms with van der Waals surface area (Å²) in [5, 5.41) is 8.37. The summed E-state index contributed by atoms with van der Waals surface area (Å²) in [5.74, 6) is 0. The molecule has 0 aliphatic carbocycles. The summed E-state index contributed by atoms with van der Waals surface area (Å²) >= 11 is 0. The Bertz CT molecular complexity index is 650. The summed E-state index contributed by atoms with van der Waals surface area (Å²) in [5.41, 5.74) is 10.4. The van der Waals surface area contributed by atoms with E-state index in [2.05, 4.69) is 39.4 Å². The number of nitrogens with one attached hydrogen (secondary N) is 2. The quantitative estimate of drug-likeness (QED) is 0.652. The molecule has 0 unspecified atom stereocenters. The summed E-state index contributed by atoms with van der Waals surface area (Å²) in [7, 11) is 0. The van der Waals surface area contributed by atoms with E-state index < -0.39 is 0 Å². The number of fused-ring (bicyclic) bond motifs is 1. The minimum Gasteiger partial charge on any atom is -0.361 e. The number of hydrogen-bond donors (Lipinski definition) is 3. The van der Waals surface area contributed by atoms with E-state index >= 15 is 0 Å². The van der Waals surface area contributed by atoms with Crippen molar-refractivity contribution in [3.8, 4) is 0 Å². The summed E-state index contributed by atoms with van der Waals surface area (Å²) < 4.78 is 0. The number of hydrogen-bond acceptors (Lipinski definition) is 2. The van der Waals surface area contributed by atoms with Crippen LogP contribution in [0, 0.1) is 0 Å². The van der Waals surface area contributed by atoms with Crippen LogP contribution in [0.2, 0.25) is 0 Å². The predicted octanol–water partition coefficient (Wildman–Crippen LogP) is 1.98. The van der Waals surface area contributed by atoms with Gasteiger partial charge in [-0.25, -0.2) is 0 Å². The van der Waals surface area contributed by atoms with Gasteiger partial charge in [-0.05, 0) is 41.3 Å². The summed E-state index contributed by atoms with van der Waals surface area (Å²) in [6, 6.07) is 8.57. The van der Waals surface area contributed by atoms with E-state index in [9.17, 15) is 0 Å². The van der Waals surface area contributed by atoms with Crippen LogP contribution >= 0.6 is 0 Å². The van der Waals surface area contributed by atoms with Crippen molar-refractivity contribution in [3.63, 3.8) is 0 Å². The fraction of sp³-hybridized carbons (Fsp3) is 0.214. The van der Waals surface area contributed by atoms with E-state index in [1.165, 1.54) is 22.0 Å². The Morgan fingerprint density at radius 2 is 2.17 bits per heavy atom. The van der Waals surface area contributed by atoms with Crippen LogP contribution in [0.25, 0.3) is 10.9 Å². The summed E-state index contributed by atoms with van der Waals surface area (Å²) in [6.07, 6.45) is 5.60. The lowest BCUT2D eigenvalue weighted by atomic mass is 10.0. The lowest BCUT2D eigenvalue weighted by Gasteiger charge is -2.03. The molecule has 0 spiro atoms. The number of nitrogens with zero attached hydrogens (tertiary/aromatic N) is 1. The van der Waals surface area contributed by atoms with Crippen molar-refractivity contribution < 1.29 is 0 Å². The standard InChI is InChI=1S/C14H16N4/c15-5-3-14-12(9-17-18-14)8-10-1-2-13-11(7-10)4-6-16-13/h1-2,4,6-7,9,16H,3,5,8,15H2,(H,17,18). The van der Waals surface area contributed by atoms with Crippen molar-refractivity contribution in [1.82, 2.24) is 15.2 Å². The Hall–Kier alpha value is -2.07. The van der Waals surface area contributed by atoms with Crippen molar-refractivity contribution in [3.05, 3.63) is 53.5 Å². The maximum absolute atomic E-state index is 5.59. The molecular weight excluding hydrogens is 224 g/mol. The maximum Gasteiger partial charge on any atom is 0.0525 e. The molecule has 0 aliphatic rings. The molecule has 0 saturated carbocycles. The second-order valence-electron chi connectivity index (χ2n) is 4.49. The van der Waals surface area contributed by atoms with Gasteiger partial charge in [0.05, 0.1) is 6.20 Å². The van der Waals surface area contributed by atoms with Crippen LogP contribution in [0.15, 0.2) is 36.7 Å². The highest BCUT2D eigenvalue weighted by Gasteiger charge is 2.06. The maximum atomic E-state index is 5.59. The molecule has 0 amide bonds. The van der Waals surface area contributed by atoms with Crippen molar-refractivity contribution >= 4 is 10.9 Å². The van der Waals surface area contributed by atoms with E-state index in [0.717, 1.165) is 18.5 Å². The third-order valence-electron chi connectivity index (χ3n) is 3.21. The first kappa shape index (κ1) is 11.0. The second kappa shape index (κ2) is 4.66. The van der Waals surface area contributed by atoms with Crippen molar-refractivity contribution in [1.29, 1.82) is 0 Å². The van der Waals surface area contributed by atoms with Crippen molar-refractivity contribution in [2.24, 2.45) is 5.73 Å². The number of benzene rings is 1. The molecule has 4 N–H and O–H groups in total.